The van der Waals surface area contributed by atoms with Gasteiger partial charge in [-0.15, -0.1) is 0 Å². The molecular weight excluding hydrogens is 300 g/mol. The second-order valence-corrected chi connectivity index (χ2v) is 4.63. The van der Waals surface area contributed by atoms with Gasteiger partial charge in [-0.3, -0.25) is 0 Å². The standard InChI is InChI=1S/C16H20N2O5/c1-4-22-16(19)15-13(18-10-23-15)9-17-8-11-5-6-12(20-2)7-14(11)21-3/h5-7,10,17H,4,8-9H2,1-3H3. The monoisotopic (exact) mass is 320 g/mol. The van der Waals surface area contributed by atoms with E-state index in [1.165, 1.54) is 6.39 Å². The number of rotatable bonds is 8. The highest BCUT2D eigenvalue weighted by Gasteiger charge is 2.17. The van der Waals surface area contributed by atoms with E-state index in [0.717, 1.165) is 17.1 Å². The summed E-state index contributed by atoms with van der Waals surface area (Å²) in [6.07, 6.45) is 1.23. The molecule has 0 aliphatic heterocycles. The van der Waals surface area contributed by atoms with Crippen molar-refractivity contribution in [3.8, 4) is 11.5 Å². The van der Waals surface area contributed by atoms with Crippen molar-refractivity contribution in [1.82, 2.24) is 10.3 Å². The van der Waals surface area contributed by atoms with Crippen LogP contribution in [0.3, 0.4) is 0 Å². The van der Waals surface area contributed by atoms with Gasteiger partial charge in [0.2, 0.25) is 5.76 Å². The van der Waals surface area contributed by atoms with Crippen LogP contribution in [0.2, 0.25) is 0 Å². The van der Waals surface area contributed by atoms with Crippen LogP contribution in [0.1, 0.15) is 28.7 Å². The van der Waals surface area contributed by atoms with Crippen molar-refractivity contribution in [2.75, 3.05) is 20.8 Å². The molecule has 1 aromatic heterocycles. The van der Waals surface area contributed by atoms with E-state index in [9.17, 15) is 4.79 Å². The smallest absolute Gasteiger partial charge is 0.376 e. The van der Waals surface area contributed by atoms with Crippen molar-refractivity contribution in [2.24, 2.45) is 0 Å². The van der Waals surface area contributed by atoms with Gasteiger partial charge in [0.25, 0.3) is 0 Å². The summed E-state index contributed by atoms with van der Waals surface area (Å²) in [5.74, 6) is 1.07. The minimum absolute atomic E-state index is 0.126. The first kappa shape index (κ1) is 16.8. The van der Waals surface area contributed by atoms with Gasteiger partial charge in [-0.2, -0.15) is 0 Å². The molecule has 7 heteroatoms. The summed E-state index contributed by atoms with van der Waals surface area (Å²) >= 11 is 0. The van der Waals surface area contributed by atoms with Crippen LogP contribution in [-0.4, -0.2) is 31.8 Å². The normalized spacial score (nSPS) is 10.4. The van der Waals surface area contributed by atoms with E-state index in [4.69, 9.17) is 18.6 Å². The summed E-state index contributed by atoms with van der Waals surface area (Å²) in [5.41, 5.74) is 1.48. The number of benzene rings is 1. The van der Waals surface area contributed by atoms with Crippen LogP contribution in [0.4, 0.5) is 0 Å². The molecule has 0 spiro atoms. The lowest BCUT2D eigenvalue weighted by atomic mass is 10.2. The highest BCUT2D eigenvalue weighted by Crippen LogP contribution is 2.24. The third kappa shape index (κ3) is 4.23. The lowest BCUT2D eigenvalue weighted by Crippen LogP contribution is -2.16. The number of oxazole rings is 1. The molecule has 0 aliphatic carbocycles. The minimum atomic E-state index is -0.510. The van der Waals surface area contributed by atoms with E-state index < -0.39 is 5.97 Å². The lowest BCUT2D eigenvalue weighted by molar-refractivity contribution is 0.0488. The molecule has 0 aliphatic rings. The molecule has 1 aromatic carbocycles. The van der Waals surface area contributed by atoms with Gasteiger partial charge in [0.15, 0.2) is 6.39 Å². The van der Waals surface area contributed by atoms with Crippen LogP contribution in [0.15, 0.2) is 29.0 Å². The number of nitrogens with zero attached hydrogens (tertiary/aromatic N) is 1. The Morgan fingerprint density at radius 3 is 2.78 bits per heavy atom. The Morgan fingerprint density at radius 2 is 2.09 bits per heavy atom. The van der Waals surface area contributed by atoms with Crippen LogP contribution in [-0.2, 0) is 17.8 Å². The fourth-order valence-electron chi connectivity index (χ4n) is 2.07. The van der Waals surface area contributed by atoms with Crippen molar-refractivity contribution in [3.63, 3.8) is 0 Å². The van der Waals surface area contributed by atoms with Gasteiger partial charge < -0.3 is 23.9 Å². The Morgan fingerprint density at radius 1 is 1.26 bits per heavy atom. The summed E-state index contributed by atoms with van der Waals surface area (Å²) in [6.45, 7) is 2.94. The van der Waals surface area contributed by atoms with E-state index in [-0.39, 0.29) is 12.4 Å². The number of nitrogens with one attached hydrogen (secondary N) is 1. The van der Waals surface area contributed by atoms with E-state index in [0.29, 0.717) is 18.8 Å². The summed E-state index contributed by atoms with van der Waals surface area (Å²) in [5, 5.41) is 3.20. The van der Waals surface area contributed by atoms with Crippen LogP contribution < -0.4 is 14.8 Å². The fraction of sp³-hybridized carbons (Fsp3) is 0.375. The van der Waals surface area contributed by atoms with Crippen molar-refractivity contribution in [1.29, 1.82) is 0 Å². The van der Waals surface area contributed by atoms with Crippen LogP contribution in [0.25, 0.3) is 0 Å². The fourth-order valence-corrected chi connectivity index (χ4v) is 2.07. The third-order valence-corrected chi connectivity index (χ3v) is 3.20. The number of aromatic nitrogens is 1. The predicted molar refractivity (Wildman–Crippen MR) is 82.5 cm³/mol. The first-order chi connectivity index (χ1) is 11.2. The number of hydrogen-bond donors (Lipinski definition) is 1. The van der Waals surface area contributed by atoms with E-state index in [1.807, 2.05) is 18.2 Å². The molecule has 0 saturated carbocycles. The van der Waals surface area contributed by atoms with Crippen molar-refractivity contribution >= 4 is 5.97 Å². The summed E-state index contributed by atoms with van der Waals surface area (Å²) in [6, 6.07) is 5.59. The maximum atomic E-state index is 11.7. The van der Waals surface area contributed by atoms with Gasteiger partial charge in [0, 0.05) is 24.7 Å². The molecule has 1 heterocycles. The molecule has 2 aromatic rings. The molecular formula is C16H20N2O5. The van der Waals surface area contributed by atoms with E-state index in [2.05, 4.69) is 10.3 Å². The van der Waals surface area contributed by atoms with Crippen LogP contribution in [0.5, 0.6) is 11.5 Å². The van der Waals surface area contributed by atoms with E-state index in [1.54, 1.807) is 21.1 Å². The van der Waals surface area contributed by atoms with Gasteiger partial charge in [-0.25, -0.2) is 9.78 Å². The van der Waals surface area contributed by atoms with Gasteiger partial charge in [0.1, 0.15) is 17.2 Å². The largest absolute Gasteiger partial charge is 0.497 e. The number of ether oxygens (including phenoxy) is 3. The predicted octanol–water partition coefficient (Wildman–Crippen LogP) is 2.16. The molecule has 1 N–H and O–H groups in total. The molecule has 0 bridgehead atoms. The van der Waals surface area contributed by atoms with Gasteiger partial charge in [-0.1, -0.05) is 6.07 Å². The molecule has 0 saturated heterocycles. The van der Waals surface area contributed by atoms with Gasteiger partial charge >= 0.3 is 5.97 Å². The number of carbonyl (C=O) groups excluding carboxylic acids is 1. The molecule has 7 nitrogen and oxygen atoms in total. The van der Waals surface area contributed by atoms with Crippen LogP contribution in [0, 0.1) is 0 Å². The molecule has 0 radical (unpaired) electrons. The molecule has 23 heavy (non-hydrogen) atoms. The topological polar surface area (TPSA) is 82.8 Å². The Balaban J connectivity index is 1.98. The molecule has 0 amide bonds. The molecule has 0 unspecified atom stereocenters. The summed E-state index contributed by atoms with van der Waals surface area (Å²) < 4.78 is 20.5. The Bertz CT molecular complexity index is 654. The lowest BCUT2D eigenvalue weighted by Gasteiger charge is -2.11. The first-order valence-electron chi connectivity index (χ1n) is 7.20. The van der Waals surface area contributed by atoms with Crippen molar-refractivity contribution < 1.29 is 23.4 Å². The zero-order chi connectivity index (χ0) is 16.7. The highest BCUT2D eigenvalue weighted by molar-refractivity contribution is 5.87. The Labute approximate surface area is 134 Å². The quantitative estimate of drug-likeness (QED) is 0.746. The Hall–Kier alpha value is -2.54. The van der Waals surface area contributed by atoms with Crippen molar-refractivity contribution in [2.45, 2.75) is 20.0 Å². The number of methoxy groups -OCH3 is 2. The average molecular weight is 320 g/mol. The van der Waals surface area contributed by atoms with Gasteiger partial charge in [-0.05, 0) is 13.0 Å². The third-order valence-electron chi connectivity index (χ3n) is 3.20. The first-order valence-corrected chi connectivity index (χ1v) is 7.20. The SMILES string of the molecule is CCOC(=O)c1ocnc1CNCc1ccc(OC)cc1OC. The zero-order valence-corrected chi connectivity index (χ0v) is 13.4. The van der Waals surface area contributed by atoms with Crippen LogP contribution >= 0.6 is 0 Å². The van der Waals surface area contributed by atoms with E-state index >= 15 is 0 Å². The Kier molecular flexibility index (Phi) is 5.99. The zero-order valence-electron chi connectivity index (χ0n) is 13.4. The average Bonchev–Trinajstić information content (AvgIpc) is 3.04. The second kappa shape index (κ2) is 8.19. The summed E-state index contributed by atoms with van der Waals surface area (Å²) in [7, 11) is 3.21. The second-order valence-electron chi connectivity index (χ2n) is 4.63. The molecule has 0 atom stereocenters. The molecule has 2 rings (SSSR count). The number of hydrogen-bond acceptors (Lipinski definition) is 7. The summed E-state index contributed by atoms with van der Waals surface area (Å²) in [4.78, 5) is 15.8. The molecule has 0 fully saturated rings. The number of carbonyl (C=O) groups is 1. The number of esters is 1. The molecule has 124 valence electrons. The van der Waals surface area contributed by atoms with Gasteiger partial charge in [0.05, 0.1) is 20.8 Å². The maximum absolute atomic E-state index is 11.7. The van der Waals surface area contributed by atoms with Crippen molar-refractivity contribution in [3.05, 3.63) is 41.6 Å². The maximum Gasteiger partial charge on any atom is 0.376 e. The highest BCUT2D eigenvalue weighted by atomic mass is 16.5. The minimum Gasteiger partial charge on any atom is -0.497 e.